The minimum Gasteiger partial charge on any atom is -0.396 e. The van der Waals surface area contributed by atoms with E-state index in [0.29, 0.717) is 24.2 Å². The fourth-order valence-corrected chi connectivity index (χ4v) is 4.19. The first-order valence-corrected chi connectivity index (χ1v) is 11.1. The van der Waals surface area contributed by atoms with Gasteiger partial charge in [0.1, 0.15) is 11.5 Å². The molecule has 1 atom stereocenters. The number of hydrogen-bond acceptors (Lipinski definition) is 5. The predicted molar refractivity (Wildman–Crippen MR) is 132 cm³/mol. The Morgan fingerprint density at radius 1 is 1.29 bits per heavy atom. The maximum Gasteiger partial charge on any atom is 0.270 e. The lowest BCUT2D eigenvalue weighted by molar-refractivity contribution is 0.0945. The smallest absolute Gasteiger partial charge is 0.270 e. The molecule has 2 aromatic carbocycles. The highest BCUT2D eigenvalue weighted by atomic mass is 19.1. The quantitative estimate of drug-likeness (QED) is 0.445. The monoisotopic (exact) mass is 458 g/mol. The Morgan fingerprint density at radius 3 is 2.88 bits per heavy atom. The van der Waals surface area contributed by atoms with Gasteiger partial charge in [-0.25, -0.2) is 9.37 Å². The largest absolute Gasteiger partial charge is 0.396 e. The lowest BCUT2D eigenvalue weighted by atomic mass is 9.94. The zero-order chi connectivity index (χ0) is 24.1. The first kappa shape index (κ1) is 23.5. The van der Waals surface area contributed by atoms with Crippen LogP contribution in [-0.2, 0) is 13.1 Å². The molecule has 7 heteroatoms. The number of aromatic nitrogens is 1. The number of nitrogens with zero attached hydrogens (tertiary/aromatic N) is 2. The van der Waals surface area contributed by atoms with E-state index in [1.807, 2.05) is 24.3 Å². The van der Waals surface area contributed by atoms with Gasteiger partial charge in [-0.1, -0.05) is 43.0 Å². The lowest BCUT2D eigenvalue weighted by Gasteiger charge is -2.17. The molecule has 1 aromatic heterocycles. The molecule has 0 saturated heterocycles. The molecule has 3 N–H and O–H groups in total. The summed E-state index contributed by atoms with van der Waals surface area (Å²) in [5.41, 5.74) is 5.80. The number of rotatable bonds is 8. The molecule has 1 aliphatic heterocycles. The Morgan fingerprint density at radius 2 is 2.12 bits per heavy atom. The second-order valence-corrected chi connectivity index (χ2v) is 8.14. The van der Waals surface area contributed by atoms with E-state index in [1.54, 1.807) is 37.5 Å². The average Bonchev–Trinajstić information content (AvgIpc) is 3.26. The Bertz CT molecular complexity index is 1260. The molecule has 0 bridgehead atoms. The number of aliphatic hydroxyl groups is 1. The molecule has 0 saturated carbocycles. The van der Waals surface area contributed by atoms with Gasteiger partial charge < -0.3 is 15.7 Å². The van der Waals surface area contributed by atoms with E-state index in [0.717, 1.165) is 27.8 Å². The van der Waals surface area contributed by atoms with E-state index in [-0.39, 0.29) is 36.6 Å². The number of carbonyl (C=O) groups excluding carboxylic acids is 1. The van der Waals surface area contributed by atoms with E-state index < -0.39 is 0 Å². The van der Waals surface area contributed by atoms with Crippen molar-refractivity contribution in [3.8, 4) is 11.3 Å². The highest BCUT2D eigenvalue weighted by Crippen LogP contribution is 2.36. The van der Waals surface area contributed by atoms with Gasteiger partial charge in [-0.2, -0.15) is 0 Å². The third-order valence-corrected chi connectivity index (χ3v) is 5.87. The van der Waals surface area contributed by atoms with Crippen molar-refractivity contribution in [1.29, 1.82) is 0 Å². The molecule has 0 spiro atoms. The third kappa shape index (κ3) is 4.95. The Hall–Kier alpha value is -3.68. The van der Waals surface area contributed by atoms with Crippen LogP contribution in [0, 0.1) is 5.82 Å². The second kappa shape index (κ2) is 10.5. The third-order valence-electron chi connectivity index (χ3n) is 5.87. The number of amides is 1. The highest BCUT2D eigenvalue weighted by Gasteiger charge is 2.28. The van der Waals surface area contributed by atoms with Gasteiger partial charge in [0.05, 0.1) is 5.69 Å². The van der Waals surface area contributed by atoms with Crippen LogP contribution in [0.5, 0.6) is 0 Å². The van der Waals surface area contributed by atoms with Crippen molar-refractivity contribution in [2.75, 3.05) is 13.7 Å². The van der Waals surface area contributed by atoms with E-state index in [1.165, 1.54) is 6.07 Å². The number of fused-ring (bicyclic) bond motifs is 1. The van der Waals surface area contributed by atoms with Crippen molar-refractivity contribution < 1.29 is 14.3 Å². The first-order chi connectivity index (χ1) is 16.5. The zero-order valence-corrected chi connectivity index (χ0v) is 19.0. The molecule has 3 aromatic rings. The van der Waals surface area contributed by atoms with Gasteiger partial charge in [-0.3, -0.25) is 9.79 Å². The summed E-state index contributed by atoms with van der Waals surface area (Å²) < 4.78 is 14.0. The Balaban J connectivity index is 1.72. The van der Waals surface area contributed by atoms with Crippen LogP contribution >= 0.6 is 0 Å². The van der Waals surface area contributed by atoms with Gasteiger partial charge in [-0.15, -0.1) is 0 Å². The molecular weight excluding hydrogens is 431 g/mol. The number of pyridine rings is 1. The fraction of sp³-hybridized carbons (Fsp3) is 0.222. The summed E-state index contributed by atoms with van der Waals surface area (Å²) in [5.74, 6) is -0.745. The summed E-state index contributed by atoms with van der Waals surface area (Å²) in [6.45, 7) is 4.73. The van der Waals surface area contributed by atoms with Gasteiger partial charge >= 0.3 is 0 Å². The Kier molecular flexibility index (Phi) is 7.25. The number of benzene rings is 2. The molecule has 2 heterocycles. The van der Waals surface area contributed by atoms with Crippen molar-refractivity contribution >= 4 is 17.7 Å². The van der Waals surface area contributed by atoms with Gasteiger partial charge in [0.25, 0.3) is 5.91 Å². The van der Waals surface area contributed by atoms with Crippen LogP contribution in [0.1, 0.15) is 45.2 Å². The van der Waals surface area contributed by atoms with Crippen molar-refractivity contribution in [2.45, 2.75) is 25.6 Å². The number of halogens is 1. The first-order valence-electron chi connectivity index (χ1n) is 11.1. The summed E-state index contributed by atoms with van der Waals surface area (Å²) in [6.07, 6.45) is 2.23. The van der Waals surface area contributed by atoms with E-state index in [4.69, 9.17) is 4.98 Å². The summed E-state index contributed by atoms with van der Waals surface area (Å²) in [4.78, 5) is 21.8. The molecule has 174 valence electrons. The van der Waals surface area contributed by atoms with Crippen molar-refractivity contribution in [2.24, 2.45) is 4.99 Å². The topological polar surface area (TPSA) is 86.6 Å². The maximum atomic E-state index is 14.0. The lowest BCUT2D eigenvalue weighted by Crippen LogP contribution is -2.25. The molecule has 0 fully saturated rings. The molecule has 1 aliphatic rings. The minimum atomic E-state index is -0.378. The van der Waals surface area contributed by atoms with Gasteiger partial charge in [0.2, 0.25) is 0 Å². The molecular formula is C27H27FN4O2. The molecule has 0 aliphatic carbocycles. The normalized spacial score (nSPS) is 14.9. The zero-order valence-electron chi connectivity index (χ0n) is 19.0. The second-order valence-electron chi connectivity index (χ2n) is 8.14. The SMILES string of the molecule is C=C(C=NC)c1cccc(-c2nc(C(=O)NCc3ccccc3F)cc3c2C(CCO)NC3)c1. The average molecular weight is 459 g/mol. The van der Waals surface area contributed by atoms with E-state index in [9.17, 15) is 14.3 Å². The van der Waals surface area contributed by atoms with E-state index in [2.05, 4.69) is 22.2 Å². The molecule has 1 unspecified atom stereocenters. The Labute approximate surface area is 198 Å². The summed E-state index contributed by atoms with van der Waals surface area (Å²) in [5, 5.41) is 15.7. The number of carbonyl (C=O) groups is 1. The minimum absolute atomic E-state index is 0.0330. The maximum absolute atomic E-state index is 14.0. The summed E-state index contributed by atoms with van der Waals surface area (Å²) in [7, 11) is 1.69. The standard InChI is InChI=1S/C27H27FN4O2/c1-17(14-29-2)18-7-5-8-19(12-18)26-25-21(16-30-23(25)10-11-33)13-24(32-26)27(34)31-15-20-6-3-4-9-22(20)28/h3-9,12-14,23,30,33H,1,10-11,15-16H2,2H3,(H,31,34). The van der Waals surface area contributed by atoms with Crippen molar-refractivity contribution in [3.05, 3.63) is 94.9 Å². The van der Waals surface area contributed by atoms with Gasteiger partial charge in [-0.05, 0) is 46.9 Å². The van der Waals surface area contributed by atoms with Crippen LogP contribution in [0.15, 0.2) is 66.2 Å². The van der Waals surface area contributed by atoms with Crippen LogP contribution in [-0.4, -0.2) is 35.9 Å². The fourth-order valence-electron chi connectivity index (χ4n) is 4.19. The number of aliphatic imine (C=N–C) groups is 1. The summed E-state index contributed by atoms with van der Waals surface area (Å²) in [6, 6.07) is 15.8. The number of nitrogens with one attached hydrogen (secondary N) is 2. The van der Waals surface area contributed by atoms with Crippen LogP contribution in [0.4, 0.5) is 4.39 Å². The van der Waals surface area contributed by atoms with E-state index >= 15 is 0 Å². The molecule has 6 nitrogen and oxygen atoms in total. The van der Waals surface area contributed by atoms with Crippen LogP contribution < -0.4 is 10.6 Å². The predicted octanol–water partition coefficient (Wildman–Crippen LogP) is 4.06. The molecule has 1 amide bonds. The molecule has 0 radical (unpaired) electrons. The van der Waals surface area contributed by atoms with Crippen LogP contribution in [0.3, 0.4) is 0 Å². The van der Waals surface area contributed by atoms with Gasteiger partial charge in [0, 0.05) is 50.1 Å². The summed E-state index contributed by atoms with van der Waals surface area (Å²) >= 11 is 0. The van der Waals surface area contributed by atoms with Crippen LogP contribution in [0.25, 0.3) is 16.8 Å². The number of hydrogen-bond donors (Lipinski definition) is 3. The number of allylic oxidation sites excluding steroid dienone is 1. The van der Waals surface area contributed by atoms with Gasteiger partial charge in [0.15, 0.2) is 0 Å². The van der Waals surface area contributed by atoms with Crippen LogP contribution in [0.2, 0.25) is 0 Å². The molecule has 34 heavy (non-hydrogen) atoms. The molecule has 4 rings (SSSR count). The number of aliphatic hydroxyl groups excluding tert-OH is 1. The highest BCUT2D eigenvalue weighted by molar-refractivity contribution is 6.09. The van der Waals surface area contributed by atoms with Crippen molar-refractivity contribution in [1.82, 2.24) is 15.6 Å². The van der Waals surface area contributed by atoms with Crippen molar-refractivity contribution in [3.63, 3.8) is 0 Å².